The average molecular weight is 227 g/mol. The summed E-state index contributed by atoms with van der Waals surface area (Å²) in [6, 6.07) is 0. The van der Waals surface area contributed by atoms with Crippen LogP contribution in [0.2, 0.25) is 0 Å². The van der Waals surface area contributed by atoms with Crippen LogP contribution >= 0.6 is 0 Å². The first-order valence-electron chi connectivity index (χ1n) is 6.09. The molecule has 2 rings (SSSR count). The van der Waals surface area contributed by atoms with Gasteiger partial charge in [-0.05, 0) is 25.7 Å². The second kappa shape index (κ2) is 4.00. The lowest BCUT2D eigenvalue weighted by atomic mass is 9.82. The summed E-state index contributed by atoms with van der Waals surface area (Å²) in [6.45, 7) is 6.87. The van der Waals surface area contributed by atoms with Crippen LogP contribution in [0.1, 0.15) is 33.6 Å². The number of hydrogen-bond donors (Lipinski definition) is 1. The van der Waals surface area contributed by atoms with Crippen LogP contribution in [0.4, 0.5) is 0 Å². The molecule has 0 aromatic heterocycles. The highest BCUT2D eigenvalue weighted by atomic mass is 16.5. The lowest BCUT2D eigenvalue weighted by Gasteiger charge is -2.49. The number of rotatable bonds is 2. The first kappa shape index (κ1) is 11.9. The molecule has 2 heterocycles. The maximum absolute atomic E-state index is 12.0. The lowest BCUT2D eigenvalue weighted by molar-refractivity contribution is -0.173. The minimum atomic E-state index is -0.681. The van der Waals surface area contributed by atoms with Gasteiger partial charge in [-0.3, -0.25) is 4.79 Å². The number of nitrogens with zero attached hydrogens (tertiary/aromatic N) is 1. The molecule has 0 aromatic rings. The largest absolute Gasteiger partial charge is 0.386 e. The van der Waals surface area contributed by atoms with Crippen molar-refractivity contribution in [2.24, 2.45) is 5.92 Å². The van der Waals surface area contributed by atoms with Gasteiger partial charge in [-0.1, -0.05) is 13.8 Å². The van der Waals surface area contributed by atoms with Crippen LogP contribution < -0.4 is 0 Å². The van der Waals surface area contributed by atoms with Crippen LogP contribution in [0, 0.1) is 5.92 Å². The molecule has 4 nitrogen and oxygen atoms in total. The molecule has 2 unspecified atom stereocenters. The minimum absolute atomic E-state index is 0.0506. The van der Waals surface area contributed by atoms with Crippen molar-refractivity contribution in [1.82, 2.24) is 4.90 Å². The van der Waals surface area contributed by atoms with Gasteiger partial charge in [0.05, 0.1) is 19.2 Å². The molecule has 0 saturated carbocycles. The van der Waals surface area contributed by atoms with Crippen molar-refractivity contribution in [2.45, 2.75) is 51.4 Å². The van der Waals surface area contributed by atoms with Crippen molar-refractivity contribution in [2.75, 3.05) is 13.1 Å². The normalized spacial score (nSPS) is 32.9. The number of carbonyl (C=O) groups is 1. The Morgan fingerprint density at radius 3 is 2.50 bits per heavy atom. The quantitative estimate of drug-likeness (QED) is 0.758. The summed E-state index contributed by atoms with van der Waals surface area (Å²) in [5.41, 5.74) is -0.681. The van der Waals surface area contributed by atoms with E-state index in [9.17, 15) is 9.90 Å². The standard InChI is InChI=1S/C12H21NO3/c1-8(2)12(15)6-13(7-12)11(14)10-5-4-9(3)16-10/h8-10,15H,4-7H2,1-3H3. The van der Waals surface area contributed by atoms with E-state index in [1.54, 1.807) is 4.90 Å². The van der Waals surface area contributed by atoms with Crippen molar-refractivity contribution < 1.29 is 14.6 Å². The van der Waals surface area contributed by atoms with Crippen LogP contribution in [0.3, 0.4) is 0 Å². The molecule has 0 radical (unpaired) electrons. The number of likely N-dealkylation sites (tertiary alicyclic amines) is 1. The van der Waals surface area contributed by atoms with E-state index in [-0.39, 0.29) is 24.0 Å². The van der Waals surface area contributed by atoms with Gasteiger partial charge in [0.2, 0.25) is 0 Å². The number of amides is 1. The van der Waals surface area contributed by atoms with Crippen molar-refractivity contribution >= 4 is 5.91 Å². The van der Waals surface area contributed by atoms with Gasteiger partial charge in [-0.25, -0.2) is 0 Å². The van der Waals surface area contributed by atoms with Crippen LogP contribution in [-0.2, 0) is 9.53 Å². The van der Waals surface area contributed by atoms with Crippen molar-refractivity contribution in [1.29, 1.82) is 0 Å². The minimum Gasteiger partial charge on any atom is -0.386 e. The SMILES string of the molecule is CC1CCC(C(=O)N2CC(O)(C(C)C)C2)O1. The highest BCUT2D eigenvalue weighted by Gasteiger charge is 2.47. The van der Waals surface area contributed by atoms with Gasteiger partial charge in [0.15, 0.2) is 0 Å². The highest BCUT2D eigenvalue weighted by molar-refractivity contribution is 5.82. The molecule has 2 aliphatic rings. The molecule has 4 heteroatoms. The first-order chi connectivity index (χ1) is 7.42. The Balaban J connectivity index is 1.86. The van der Waals surface area contributed by atoms with Gasteiger partial charge < -0.3 is 14.7 Å². The molecule has 2 saturated heterocycles. The van der Waals surface area contributed by atoms with E-state index in [2.05, 4.69) is 0 Å². The van der Waals surface area contributed by atoms with Crippen LogP contribution in [0.25, 0.3) is 0 Å². The average Bonchev–Trinajstić information content (AvgIpc) is 2.58. The summed E-state index contributed by atoms with van der Waals surface area (Å²) in [5, 5.41) is 10.1. The van der Waals surface area contributed by atoms with Gasteiger partial charge in [-0.2, -0.15) is 0 Å². The third-order valence-electron chi connectivity index (χ3n) is 3.82. The van der Waals surface area contributed by atoms with Crippen LogP contribution in [-0.4, -0.2) is 46.8 Å². The molecule has 0 spiro atoms. The zero-order valence-electron chi connectivity index (χ0n) is 10.3. The number of hydrogen-bond acceptors (Lipinski definition) is 3. The Morgan fingerprint density at radius 2 is 2.06 bits per heavy atom. The van der Waals surface area contributed by atoms with Gasteiger partial charge in [0.25, 0.3) is 5.91 Å². The van der Waals surface area contributed by atoms with Crippen molar-refractivity contribution in [3.05, 3.63) is 0 Å². The highest BCUT2D eigenvalue weighted by Crippen LogP contribution is 2.31. The maximum atomic E-state index is 12.0. The molecule has 2 atom stereocenters. The van der Waals surface area contributed by atoms with Gasteiger partial charge >= 0.3 is 0 Å². The van der Waals surface area contributed by atoms with Gasteiger partial charge in [0, 0.05) is 0 Å². The molecule has 2 aliphatic heterocycles. The zero-order valence-corrected chi connectivity index (χ0v) is 10.3. The molecule has 92 valence electrons. The summed E-state index contributed by atoms with van der Waals surface area (Å²) >= 11 is 0. The molecule has 0 bridgehead atoms. The maximum Gasteiger partial charge on any atom is 0.251 e. The fourth-order valence-corrected chi connectivity index (χ4v) is 2.32. The summed E-state index contributed by atoms with van der Waals surface area (Å²) in [5.74, 6) is 0.245. The lowest BCUT2D eigenvalue weighted by Crippen LogP contribution is -2.67. The Hall–Kier alpha value is -0.610. The number of aliphatic hydroxyl groups is 1. The zero-order chi connectivity index (χ0) is 11.9. The van der Waals surface area contributed by atoms with Gasteiger partial charge in [-0.15, -0.1) is 0 Å². The Kier molecular flexibility index (Phi) is 2.97. The van der Waals surface area contributed by atoms with E-state index < -0.39 is 5.60 Å². The third-order valence-corrected chi connectivity index (χ3v) is 3.82. The summed E-state index contributed by atoms with van der Waals surface area (Å²) in [7, 11) is 0. The monoisotopic (exact) mass is 227 g/mol. The Labute approximate surface area is 96.6 Å². The summed E-state index contributed by atoms with van der Waals surface area (Å²) in [4.78, 5) is 13.7. The third kappa shape index (κ3) is 1.96. The molecule has 1 amide bonds. The van der Waals surface area contributed by atoms with E-state index in [1.807, 2.05) is 20.8 Å². The van der Waals surface area contributed by atoms with Crippen molar-refractivity contribution in [3.8, 4) is 0 Å². The second-order valence-corrected chi connectivity index (χ2v) is 5.47. The summed E-state index contributed by atoms with van der Waals surface area (Å²) in [6.07, 6.45) is 1.70. The fourth-order valence-electron chi connectivity index (χ4n) is 2.32. The Bertz CT molecular complexity index is 284. The number of β-amino-alcohol motifs (C(OH)–C–C–N with tert-alkyl or cyclic N) is 1. The molecule has 2 fully saturated rings. The fraction of sp³-hybridized carbons (Fsp3) is 0.917. The molecule has 1 N–H and O–H groups in total. The smallest absolute Gasteiger partial charge is 0.251 e. The molecule has 0 aromatic carbocycles. The first-order valence-corrected chi connectivity index (χ1v) is 6.09. The van der Waals surface area contributed by atoms with E-state index in [1.165, 1.54) is 0 Å². The van der Waals surface area contributed by atoms with Gasteiger partial charge in [0.1, 0.15) is 11.7 Å². The number of carbonyl (C=O) groups excluding carboxylic acids is 1. The van der Waals surface area contributed by atoms with Crippen LogP contribution in [0.15, 0.2) is 0 Å². The van der Waals surface area contributed by atoms with E-state index in [4.69, 9.17) is 4.74 Å². The summed E-state index contributed by atoms with van der Waals surface area (Å²) < 4.78 is 5.54. The molecular weight excluding hydrogens is 206 g/mol. The Morgan fingerprint density at radius 1 is 1.44 bits per heavy atom. The predicted octanol–water partition coefficient (Wildman–Crippen LogP) is 0.783. The molecule has 16 heavy (non-hydrogen) atoms. The van der Waals surface area contributed by atoms with Crippen LogP contribution in [0.5, 0.6) is 0 Å². The molecule has 0 aliphatic carbocycles. The second-order valence-electron chi connectivity index (χ2n) is 5.47. The number of ether oxygens (including phenoxy) is 1. The van der Waals surface area contributed by atoms with E-state index >= 15 is 0 Å². The topological polar surface area (TPSA) is 49.8 Å². The van der Waals surface area contributed by atoms with E-state index in [0.29, 0.717) is 13.1 Å². The predicted molar refractivity (Wildman–Crippen MR) is 59.9 cm³/mol. The van der Waals surface area contributed by atoms with E-state index in [0.717, 1.165) is 12.8 Å². The van der Waals surface area contributed by atoms with Crippen molar-refractivity contribution in [3.63, 3.8) is 0 Å². The molecular formula is C12H21NO3.